The molecule has 0 aliphatic heterocycles. The van der Waals surface area contributed by atoms with Crippen molar-refractivity contribution in [2.24, 2.45) is 17.8 Å². The molecule has 2 bridgehead atoms. The number of hydrogen-bond donors (Lipinski definition) is 2. The SMILES string of the molecule is Nc1nc2ccccc2c2c1ncn2CCCCNC(=O)CC1CC2CCCC(C2)C1. The highest BCUT2D eigenvalue weighted by Crippen LogP contribution is 2.43. The van der Waals surface area contributed by atoms with Gasteiger partial charge >= 0.3 is 0 Å². The van der Waals surface area contributed by atoms with E-state index in [4.69, 9.17) is 5.73 Å². The molecule has 2 fully saturated rings. The number of amides is 1. The van der Waals surface area contributed by atoms with E-state index in [-0.39, 0.29) is 5.91 Å². The first-order valence-corrected chi connectivity index (χ1v) is 11.9. The van der Waals surface area contributed by atoms with Gasteiger partial charge in [-0.1, -0.05) is 37.5 Å². The smallest absolute Gasteiger partial charge is 0.220 e. The molecule has 3 N–H and O–H groups in total. The lowest BCUT2D eigenvalue weighted by Gasteiger charge is -2.38. The molecular formula is C25H33N5O. The Morgan fingerprint density at radius 1 is 1.13 bits per heavy atom. The summed E-state index contributed by atoms with van der Waals surface area (Å²) >= 11 is 0. The molecule has 2 aromatic heterocycles. The summed E-state index contributed by atoms with van der Waals surface area (Å²) in [6, 6.07) is 8.05. The molecule has 1 aromatic carbocycles. The van der Waals surface area contributed by atoms with Gasteiger partial charge in [-0.15, -0.1) is 0 Å². The van der Waals surface area contributed by atoms with Crippen LogP contribution in [0.25, 0.3) is 21.9 Å². The second kappa shape index (κ2) is 8.85. The highest BCUT2D eigenvalue weighted by molar-refractivity contribution is 6.06. The third-order valence-corrected chi connectivity index (χ3v) is 7.33. The number of nitrogen functional groups attached to an aromatic ring is 1. The van der Waals surface area contributed by atoms with E-state index >= 15 is 0 Å². The molecule has 6 heteroatoms. The van der Waals surface area contributed by atoms with Crippen molar-refractivity contribution in [1.29, 1.82) is 0 Å². The number of carbonyl (C=O) groups excluding carboxylic acids is 1. The molecule has 0 saturated heterocycles. The molecule has 2 atom stereocenters. The third-order valence-electron chi connectivity index (χ3n) is 7.33. The average Bonchev–Trinajstić information content (AvgIpc) is 3.18. The van der Waals surface area contributed by atoms with Gasteiger partial charge in [0.2, 0.25) is 5.91 Å². The molecule has 6 nitrogen and oxygen atoms in total. The second-order valence-corrected chi connectivity index (χ2v) is 9.65. The zero-order valence-electron chi connectivity index (χ0n) is 18.2. The first kappa shape index (κ1) is 20.3. The number of nitrogens with zero attached hydrogens (tertiary/aromatic N) is 3. The van der Waals surface area contributed by atoms with E-state index in [2.05, 4.69) is 25.9 Å². The number of para-hydroxylation sites is 1. The van der Waals surface area contributed by atoms with Gasteiger partial charge in [0.15, 0.2) is 5.82 Å². The molecule has 2 heterocycles. The molecule has 31 heavy (non-hydrogen) atoms. The Balaban J connectivity index is 1.11. The second-order valence-electron chi connectivity index (χ2n) is 9.65. The quantitative estimate of drug-likeness (QED) is 0.545. The first-order valence-electron chi connectivity index (χ1n) is 11.9. The number of nitrogens with one attached hydrogen (secondary N) is 1. The third kappa shape index (κ3) is 4.39. The molecule has 0 spiro atoms. The van der Waals surface area contributed by atoms with Gasteiger partial charge in [0, 0.05) is 24.9 Å². The van der Waals surface area contributed by atoms with Gasteiger partial charge in [-0.05, 0) is 55.9 Å². The van der Waals surface area contributed by atoms with Crippen LogP contribution >= 0.6 is 0 Å². The predicted octanol–water partition coefficient (Wildman–Crippen LogP) is 4.67. The van der Waals surface area contributed by atoms with Crippen LogP contribution in [-0.2, 0) is 11.3 Å². The summed E-state index contributed by atoms with van der Waals surface area (Å²) in [6.45, 7) is 1.60. The number of anilines is 1. The Labute approximate surface area is 183 Å². The Kier molecular flexibility index (Phi) is 5.79. The topological polar surface area (TPSA) is 85.8 Å². The fourth-order valence-corrected chi connectivity index (χ4v) is 5.98. The van der Waals surface area contributed by atoms with Gasteiger partial charge in [-0.25, -0.2) is 9.97 Å². The fourth-order valence-electron chi connectivity index (χ4n) is 5.98. The summed E-state index contributed by atoms with van der Waals surface area (Å²) in [7, 11) is 0. The van der Waals surface area contributed by atoms with Gasteiger partial charge in [0.25, 0.3) is 0 Å². The van der Waals surface area contributed by atoms with E-state index in [0.29, 0.717) is 11.7 Å². The van der Waals surface area contributed by atoms with Crippen LogP contribution in [0.3, 0.4) is 0 Å². The van der Waals surface area contributed by atoms with Crippen molar-refractivity contribution in [3.8, 4) is 0 Å². The Morgan fingerprint density at radius 2 is 1.94 bits per heavy atom. The number of aromatic nitrogens is 3. The molecule has 5 rings (SSSR count). The van der Waals surface area contributed by atoms with E-state index in [1.54, 1.807) is 0 Å². The molecule has 2 saturated carbocycles. The zero-order chi connectivity index (χ0) is 21.2. The molecular weight excluding hydrogens is 386 g/mol. The number of imidazole rings is 1. The van der Waals surface area contributed by atoms with Crippen LogP contribution in [0.1, 0.15) is 57.8 Å². The summed E-state index contributed by atoms with van der Waals surface area (Å²) in [5.74, 6) is 3.09. The number of benzene rings is 1. The van der Waals surface area contributed by atoms with Crippen molar-refractivity contribution >= 4 is 33.7 Å². The first-order chi connectivity index (χ1) is 15.2. The van der Waals surface area contributed by atoms with Gasteiger partial charge in [0.05, 0.1) is 17.4 Å². The van der Waals surface area contributed by atoms with Crippen LogP contribution in [0.2, 0.25) is 0 Å². The minimum Gasteiger partial charge on any atom is -0.382 e. The van der Waals surface area contributed by atoms with Crippen LogP contribution < -0.4 is 11.1 Å². The van der Waals surface area contributed by atoms with E-state index in [9.17, 15) is 4.79 Å². The minimum atomic E-state index is 0.239. The van der Waals surface area contributed by atoms with Gasteiger partial charge in [0.1, 0.15) is 5.52 Å². The summed E-state index contributed by atoms with van der Waals surface area (Å²) in [6.07, 6.45) is 12.6. The van der Waals surface area contributed by atoms with Crippen molar-refractivity contribution in [1.82, 2.24) is 19.9 Å². The molecule has 2 aliphatic carbocycles. The van der Waals surface area contributed by atoms with E-state index in [1.807, 2.05) is 24.5 Å². The van der Waals surface area contributed by atoms with Crippen LogP contribution in [-0.4, -0.2) is 27.0 Å². The van der Waals surface area contributed by atoms with Crippen molar-refractivity contribution in [2.45, 2.75) is 64.3 Å². The minimum absolute atomic E-state index is 0.239. The molecule has 2 unspecified atom stereocenters. The highest BCUT2D eigenvalue weighted by Gasteiger charge is 2.32. The molecule has 3 aromatic rings. The molecule has 1 amide bonds. The predicted molar refractivity (Wildman–Crippen MR) is 124 cm³/mol. The maximum Gasteiger partial charge on any atom is 0.220 e. The van der Waals surface area contributed by atoms with Crippen molar-refractivity contribution in [3.63, 3.8) is 0 Å². The van der Waals surface area contributed by atoms with Gasteiger partial charge < -0.3 is 15.6 Å². The Bertz CT molecular complexity index is 1060. The molecule has 164 valence electrons. The largest absolute Gasteiger partial charge is 0.382 e. The molecule has 2 aliphatic rings. The van der Waals surface area contributed by atoms with Crippen LogP contribution in [0.4, 0.5) is 5.82 Å². The fraction of sp³-hybridized carbons (Fsp3) is 0.560. The summed E-state index contributed by atoms with van der Waals surface area (Å²) in [5, 5.41) is 4.24. The lowest BCUT2D eigenvalue weighted by atomic mass is 9.67. The van der Waals surface area contributed by atoms with E-state index < -0.39 is 0 Å². The lowest BCUT2D eigenvalue weighted by Crippen LogP contribution is -2.32. The van der Waals surface area contributed by atoms with Crippen LogP contribution in [0, 0.1) is 17.8 Å². The number of pyridine rings is 1. The monoisotopic (exact) mass is 419 g/mol. The lowest BCUT2D eigenvalue weighted by molar-refractivity contribution is -0.122. The Morgan fingerprint density at radius 3 is 2.77 bits per heavy atom. The number of unbranched alkanes of at least 4 members (excludes halogenated alkanes) is 1. The van der Waals surface area contributed by atoms with Crippen molar-refractivity contribution in [2.75, 3.05) is 12.3 Å². The van der Waals surface area contributed by atoms with E-state index in [1.165, 1.54) is 38.5 Å². The number of rotatable bonds is 7. The Hall–Kier alpha value is -2.63. The van der Waals surface area contributed by atoms with Crippen molar-refractivity contribution < 1.29 is 4.79 Å². The number of carbonyl (C=O) groups is 1. The normalized spacial score (nSPS) is 23.3. The number of fused-ring (bicyclic) bond motifs is 5. The van der Waals surface area contributed by atoms with E-state index in [0.717, 1.165) is 66.1 Å². The summed E-state index contributed by atoms with van der Waals surface area (Å²) in [4.78, 5) is 21.4. The number of aryl methyl sites for hydroxylation is 1. The maximum atomic E-state index is 12.4. The molecule has 0 radical (unpaired) electrons. The highest BCUT2D eigenvalue weighted by atomic mass is 16.1. The van der Waals surface area contributed by atoms with Gasteiger partial charge in [-0.3, -0.25) is 4.79 Å². The van der Waals surface area contributed by atoms with Crippen LogP contribution in [0.15, 0.2) is 30.6 Å². The standard InChI is InChI=1S/C25H33N5O/c26-25-23-24(20-8-1-2-9-21(20)29-25)30(16-28-23)11-4-3-10-27-22(31)15-19-13-17-6-5-7-18(12-17)14-19/h1-2,8-9,16-19H,3-7,10-15H2,(H2,26,29)(H,27,31). The summed E-state index contributed by atoms with van der Waals surface area (Å²) in [5.41, 5.74) is 8.83. The number of hydrogen-bond acceptors (Lipinski definition) is 4. The van der Waals surface area contributed by atoms with Crippen molar-refractivity contribution in [3.05, 3.63) is 30.6 Å². The average molecular weight is 420 g/mol. The number of nitrogens with two attached hydrogens (primary N) is 1. The zero-order valence-corrected chi connectivity index (χ0v) is 18.2. The van der Waals surface area contributed by atoms with Crippen LogP contribution in [0.5, 0.6) is 0 Å². The van der Waals surface area contributed by atoms with Gasteiger partial charge in [-0.2, -0.15) is 0 Å². The maximum absolute atomic E-state index is 12.4. The summed E-state index contributed by atoms with van der Waals surface area (Å²) < 4.78 is 2.16.